The minimum absolute atomic E-state index is 0.199. The van der Waals surface area contributed by atoms with Crippen molar-refractivity contribution in [3.63, 3.8) is 0 Å². The number of carbonyl (C=O) groups excluding carboxylic acids is 1. The molecule has 20 heavy (non-hydrogen) atoms. The average molecular weight is 290 g/mol. The van der Waals surface area contributed by atoms with E-state index in [1.54, 1.807) is 31.2 Å². The van der Waals surface area contributed by atoms with Gasteiger partial charge < -0.3 is 10.1 Å². The van der Waals surface area contributed by atoms with Crippen LogP contribution in [0.3, 0.4) is 0 Å². The summed E-state index contributed by atoms with van der Waals surface area (Å²) in [5, 5.41) is 3.42. The molecule has 1 amide bonds. The van der Waals surface area contributed by atoms with Gasteiger partial charge in [0.25, 0.3) is 5.91 Å². The van der Waals surface area contributed by atoms with Crippen LogP contribution < -0.4 is 10.1 Å². The zero-order chi connectivity index (χ0) is 14.5. The van der Waals surface area contributed by atoms with E-state index in [-0.39, 0.29) is 5.91 Å². The van der Waals surface area contributed by atoms with Gasteiger partial charge in [-0.1, -0.05) is 29.8 Å². The molecule has 0 bridgehead atoms. The molecule has 104 valence electrons. The Labute approximate surface area is 123 Å². The average Bonchev–Trinajstić information content (AvgIpc) is 2.44. The predicted molar refractivity (Wildman–Crippen MR) is 81.4 cm³/mol. The summed E-state index contributed by atoms with van der Waals surface area (Å²) in [5.74, 6) is 0.516. The van der Waals surface area contributed by atoms with Gasteiger partial charge in [0.1, 0.15) is 5.75 Å². The largest absolute Gasteiger partial charge is 0.481 e. The molecule has 2 aromatic carbocycles. The number of anilines is 1. The number of rotatable bonds is 4. The molecule has 0 saturated heterocycles. The Bertz CT molecular complexity index is 596. The third-order valence-corrected chi connectivity index (χ3v) is 3.13. The van der Waals surface area contributed by atoms with Crippen molar-refractivity contribution >= 4 is 23.2 Å². The van der Waals surface area contributed by atoms with Crippen LogP contribution in [0, 0.1) is 6.92 Å². The fourth-order valence-corrected chi connectivity index (χ4v) is 1.84. The van der Waals surface area contributed by atoms with Crippen LogP contribution in [0.5, 0.6) is 5.75 Å². The number of halogens is 1. The van der Waals surface area contributed by atoms with E-state index in [1.165, 1.54) is 0 Å². The molecule has 0 aliphatic rings. The number of nitrogens with one attached hydrogen (secondary N) is 1. The molecule has 1 N–H and O–H groups in total. The summed E-state index contributed by atoms with van der Waals surface area (Å²) in [6.45, 7) is 3.66. The van der Waals surface area contributed by atoms with Gasteiger partial charge in [-0.2, -0.15) is 0 Å². The molecule has 0 spiro atoms. The molecule has 2 aromatic rings. The fourth-order valence-electron chi connectivity index (χ4n) is 1.71. The molecule has 1 unspecified atom stereocenters. The lowest BCUT2D eigenvalue weighted by molar-refractivity contribution is -0.122. The predicted octanol–water partition coefficient (Wildman–Crippen LogP) is 4.05. The normalized spacial score (nSPS) is 11.8. The number of aryl methyl sites for hydroxylation is 1. The molecule has 2 rings (SSSR count). The van der Waals surface area contributed by atoms with Gasteiger partial charge in [-0.05, 0) is 49.7 Å². The van der Waals surface area contributed by atoms with Gasteiger partial charge in [0.05, 0.1) is 0 Å². The van der Waals surface area contributed by atoms with Gasteiger partial charge in [0.2, 0.25) is 0 Å². The second-order valence-electron chi connectivity index (χ2n) is 4.52. The van der Waals surface area contributed by atoms with Crippen molar-refractivity contribution in [2.75, 3.05) is 5.32 Å². The standard InChI is InChI=1S/C16H16ClNO2/c1-11-5-3-4-6-15(11)20-12(2)16(19)18-14-9-7-13(17)8-10-14/h3-10,12H,1-2H3,(H,18,19). The van der Waals surface area contributed by atoms with Crippen molar-refractivity contribution in [1.29, 1.82) is 0 Å². The van der Waals surface area contributed by atoms with E-state index in [0.29, 0.717) is 16.5 Å². The fraction of sp³-hybridized carbons (Fsp3) is 0.188. The first-order valence-corrected chi connectivity index (χ1v) is 6.73. The lowest BCUT2D eigenvalue weighted by Gasteiger charge is -2.16. The van der Waals surface area contributed by atoms with Gasteiger partial charge in [0.15, 0.2) is 6.10 Å². The molecule has 0 heterocycles. The first-order chi connectivity index (χ1) is 9.56. The van der Waals surface area contributed by atoms with E-state index in [0.717, 1.165) is 5.56 Å². The molecular weight excluding hydrogens is 274 g/mol. The number of ether oxygens (including phenoxy) is 1. The van der Waals surface area contributed by atoms with Crippen molar-refractivity contribution in [2.45, 2.75) is 20.0 Å². The van der Waals surface area contributed by atoms with Crippen molar-refractivity contribution in [3.05, 3.63) is 59.1 Å². The lowest BCUT2D eigenvalue weighted by Crippen LogP contribution is -2.30. The number of amides is 1. The lowest BCUT2D eigenvalue weighted by atomic mass is 10.2. The summed E-state index contributed by atoms with van der Waals surface area (Å²) in [6.07, 6.45) is -0.577. The quantitative estimate of drug-likeness (QED) is 0.922. The van der Waals surface area contributed by atoms with E-state index in [1.807, 2.05) is 31.2 Å². The van der Waals surface area contributed by atoms with Crippen LogP contribution in [0.25, 0.3) is 0 Å². The summed E-state index contributed by atoms with van der Waals surface area (Å²) in [4.78, 5) is 12.0. The summed E-state index contributed by atoms with van der Waals surface area (Å²) < 4.78 is 5.66. The summed E-state index contributed by atoms with van der Waals surface area (Å²) in [6, 6.07) is 14.6. The SMILES string of the molecule is Cc1ccccc1OC(C)C(=O)Nc1ccc(Cl)cc1. The molecule has 0 saturated carbocycles. The summed E-state index contributed by atoms with van der Waals surface area (Å²) in [5.41, 5.74) is 1.69. The van der Waals surface area contributed by atoms with Crippen LogP contribution in [-0.2, 0) is 4.79 Å². The zero-order valence-electron chi connectivity index (χ0n) is 11.4. The van der Waals surface area contributed by atoms with Crippen molar-refractivity contribution in [2.24, 2.45) is 0 Å². The van der Waals surface area contributed by atoms with Crippen LogP contribution in [-0.4, -0.2) is 12.0 Å². The topological polar surface area (TPSA) is 38.3 Å². The first-order valence-electron chi connectivity index (χ1n) is 6.35. The van der Waals surface area contributed by atoms with E-state index < -0.39 is 6.10 Å². The van der Waals surface area contributed by atoms with E-state index in [9.17, 15) is 4.79 Å². The van der Waals surface area contributed by atoms with Gasteiger partial charge in [-0.25, -0.2) is 0 Å². The number of hydrogen-bond acceptors (Lipinski definition) is 2. The third kappa shape index (κ3) is 3.75. The highest BCUT2D eigenvalue weighted by Gasteiger charge is 2.15. The molecular formula is C16H16ClNO2. The molecule has 0 aliphatic heterocycles. The molecule has 0 aliphatic carbocycles. The monoisotopic (exact) mass is 289 g/mol. The Morgan fingerprint density at radius 3 is 2.45 bits per heavy atom. The van der Waals surface area contributed by atoms with Crippen molar-refractivity contribution < 1.29 is 9.53 Å². The highest BCUT2D eigenvalue weighted by Crippen LogP contribution is 2.19. The Kier molecular flexibility index (Phi) is 4.64. The smallest absolute Gasteiger partial charge is 0.265 e. The minimum Gasteiger partial charge on any atom is -0.481 e. The molecule has 0 fully saturated rings. The molecule has 0 aromatic heterocycles. The summed E-state index contributed by atoms with van der Waals surface area (Å²) in [7, 11) is 0. The maximum atomic E-state index is 12.0. The molecule has 4 heteroatoms. The van der Waals surface area contributed by atoms with E-state index in [4.69, 9.17) is 16.3 Å². The molecule has 0 radical (unpaired) electrons. The molecule has 1 atom stereocenters. The highest BCUT2D eigenvalue weighted by molar-refractivity contribution is 6.30. The van der Waals surface area contributed by atoms with E-state index >= 15 is 0 Å². The number of hydrogen-bond donors (Lipinski definition) is 1. The Hall–Kier alpha value is -2.00. The van der Waals surface area contributed by atoms with Crippen molar-refractivity contribution in [3.8, 4) is 5.75 Å². The van der Waals surface area contributed by atoms with Crippen LogP contribution in [0.15, 0.2) is 48.5 Å². The van der Waals surface area contributed by atoms with E-state index in [2.05, 4.69) is 5.32 Å². The Morgan fingerprint density at radius 2 is 1.80 bits per heavy atom. The summed E-state index contributed by atoms with van der Waals surface area (Å²) >= 11 is 5.80. The second-order valence-corrected chi connectivity index (χ2v) is 4.96. The third-order valence-electron chi connectivity index (χ3n) is 2.88. The Balaban J connectivity index is 1.99. The maximum Gasteiger partial charge on any atom is 0.265 e. The number of benzene rings is 2. The van der Waals surface area contributed by atoms with Gasteiger partial charge >= 0.3 is 0 Å². The maximum absolute atomic E-state index is 12.0. The van der Waals surface area contributed by atoms with Gasteiger partial charge in [-0.3, -0.25) is 4.79 Å². The van der Waals surface area contributed by atoms with Crippen LogP contribution in [0.1, 0.15) is 12.5 Å². The minimum atomic E-state index is -0.577. The van der Waals surface area contributed by atoms with Gasteiger partial charge in [0, 0.05) is 10.7 Å². The second kappa shape index (κ2) is 6.44. The Morgan fingerprint density at radius 1 is 1.15 bits per heavy atom. The van der Waals surface area contributed by atoms with Crippen LogP contribution >= 0.6 is 11.6 Å². The van der Waals surface area contributed by atoms with Gasteiger partial charge in [-0.15, -0.1) is 0 Å². The first kappa shape index (κ1) is 14.4. The van der Waals surface area contributed by atoms with Crippen LogP contribution in [0.4, 0.5) is 5.69 Å². The number of carbonyl (C=O) groups is 1. The van der Waals surface area contributed by atoms with Crippen LogP contribution in [0.2, 0.25) is 5.02 Å². The molecule has 3 nitrogen and oxygen atoms in total. The highest BCUT2D eigenvalue weighted by atomic mass is 35.5. The number of para-hydroxylation sites is 1. The van der Waals surface area contributed by atoms with Crippen molar-refractivity contribution in [1.82, 2.24) is 0 Å². The zero-order valence-corrected chi connectivity index (χ0v) is 12.1.